The Morgan fingerprint density at radius 3 is 2.42 bits per heavy atom. The SMILES string of the molecule is COC(=O)c1ccc([C@H]2CC(O)c3cc(S(=O)(=O)Nc4ccc(C)c(C)c4)ccc3N2)cc1. The number of sulfonamides is 1. The molecule has 1 heterocycles. The van der Waals surface area contributed by atoms with Crippen LogP contribution in [-0.4, -0.2) is 26.6 Å². The number of aryl methyl sites for hydroxylation is 2. The Balaban J connectivity index is 1.56. The lowest BCUT2D eigenvalue weighted by molar-refractivity contribution is 0.0600. The van der Waals surface area contributed by atoms with Crippen LogP contribution in [0.3, 0.4) is 0 Å². The summed E-state index contributed by atoms with van der Waals surface area (Å²) in [6, 6.07) is 16.9. The fourth-order valence-corrected chi connectivity index (χ4v) is 5.00. The molecular formula is C25H26N2O5S. The molecule has 33 heavy (non-hydrogen) atoms. The highest BCUT2D eigenvalue weighted by Crippen LogP contribution is 2.40. The molecule has 0 bridgehead atoms. The van der Waals surface area contributed by atoms with Crippen LogP contribution < -0.4 is 10.0 Å². The van der Waals surface area contributed by atoms with Gasteiger partial charge in [0.15, 0.2) is 0 Å². The van der Waals surface area contributed by atoms with E-state index in [2.05, 4.69) is 10.0 Å². The second-order valence-electron chi connectivity index (χ2n) is 8.22. The summed E-state index contributed by atoms with van der Waals surface area (Å²) in [5, 5.41) is 14.1. The number of nitrogens with one attached hydrogen (secondary N) is 2. The van der Waals surface area contributed by atoms with E-state index >= 15 is 0 Å². The molecule has 1 aliphatic heterocycles. The Bertz CT molecular complexity index is 1300. The smallest absolute Gasteiger partial charge is 0.337 e. The van der Waals surface area contributed by atoms with Crippen LogP contribution in [-0.2, 0) is 14.8 Å². The zero-order valence-electron chi connectivity index (χ0n) is 18.6. The van der Waals surface area contributed by atoms with Crippen LogP contribution in [0.5, 0.6) is 0 Å². The number of methoxy groups -OCH3 is 1. The average Bonchev–Trinajstić information content (AvgIpc) is 2.80. The van der Waals surface area contributed by atoms with Crippen LogP contribution in [0.4, 0.5) is 11.4 Å². The van der Waals surface area contributed by atoms with Gasteiger partial charge in [0, 0.05) is 23.4 Å². The molecule has 0 saturated heterocycles. The van der Waals surface area contributed by atoms with Crippen LogP contribution in [0.2, 0.25) is 0 Å². The van der Waals surface area contributed by atoms with Gasteiger partial charge < -0.3 is 15.2 Å². The molecule has 0 aromatic heterocycles. The summed E-state index contributed by atoms with van der Waals surface area (Å²) in [4.78, 5) is 11.7. The average molecular weight is 467 g/mol. The standard InChI is InChI=1S/C25H26N2O5S/c1-15-4-9-19(12-16(15)2)27-33(30,31)20-10-11-22-21(13-20)24(28)14-23(26-22)17-5-7-18(8-6-17)25(29)32-3/h4-13,23-24,26-28H,14H2,1-3H3/t23-,24?/m1/s1. The van der Waals surface area contributed by atoms with Gasteiger partial charge in [0.2, 0.25) is 0 Å². The summed E-state index contributed by atoms with van der Waals surface area (Å²) >= 11 is 0. The molecule has 0 radical (unpaired) electrons. The first-order valence-corrected chi connectivity index (χ1v) is 12.0. The van der Waals surface area contributed by atoms with Crippen molar-refractivity contribution >= 4 is 27.4 Å². The molecule has 8 heteroatoms. The molecule has 1 unspecified atom stereocenters. The minimum absolute atomic E-state index is 0.0845. The zero-order valence-corrected chi connectivity index (χ0v) is 19.4. The number of hydrogen-bond donors (Lipinski definition) is 3. The molecule has 172 valence electrons. The quantitative estimate of drug-likeness (QED) is 0.479. The molecular weight excluding hydrogens is 440 g/mol. The fraction of sp³-hybridized carbons (Fsp3) is 0.240. The Morgan fingerprint density at radius 1 is 1.03 bits per heavy atom. The maximum atomic E-state index is 12.9. The predicted molar refractivity (Wildman–Crippen MR) is 127 cm³/mol. The molecule has 3 aromatic carbocycles. The third-order valence-corrected chi connectivity index (χ3v) is 7.35. The van der Waals surface area contributed by atoms with Crippen LogP contribution in [0.1, 0.15) is 51.2 Å². The molecule has 1 aliphatic rings. The molecule has 4 rings (SSSR count). The molecule has 0 saturated carbocycles. The number of carbonyl (C=O) groups excluding carboxylic acids is 1. The van der Waals surface area contributed by atoms with Crippen molar-refractivity contribution in [3.63, 3.8) is 0 Å². The number of ether oxygens (including phenoxy) is 1. The first-order valence-electron chi connectivity index (χ1n) is 10.5. The largest absolute Gasteiger partial charge is 0.465 e. The van der Waals surface area contributed by atoms with Crippen molar-refractivity contribution in [1.29, 1.82) is 0 Å². The number of benzene rings is 3. The Labute approximate surface area is 193 Å². The van der Waals surface area contributed by atoms with Gasteiger partial charge in [-0.05, 0) is 73.0 Å². The Morgan fingerprint density at radius 2 is 1.76 bits per heavy atom. The number of aliphatic hydroxyl groups excluding tert-OH is 1. The molecule has 0 spiro atoms. The molecule has 3 N–H and O–H groups in total. The third kappa shape index (κ3) is 4.72. The van der Waals surface area contributed by atoms with Crippen LogP contribution >= 0.6 is 0 Å². The van der Waals surface area contributed by atoms with Gasteiger partial charge in [-0.3, -0.25) is 4.72 Å². The van der Waals surface area contributed by atoms with Gasteiger partial charge >= 0.3 is 5.97 Å². The summed E-state index contributed by atoms with van der Waals surface area (Å²) in [5.41, 5.74) is 5.11. The maximum absolute atomic E-state index is 12.9. The number of esters is 1. The van der Waals surface area contributed by atoms with Crippen molar-refractivity contribution in [3.05, 3.63) is 88.5 Å². The van der Waals surface area contributed by atoms with E-state index in [9.17, 15) is 18.3 Å². The highest BCUT2D eigenvalue weighted by molar-refractivity contribution is 7.92. The molecule has 7 nitrogen and oxygen atoms in total. The van der Waals surface area contributed by atoms with Crippen LogP contribution in [0.15, 0.2) is 65.6 Å². The van der Waals surface area contributed by atoms with Crippen molar-refractivity contribution in [1.82, 2.24) is 0 Å². The molecule has 2 atom stereocenters. The summed E-state index contributed by atoms with van der Waals surface area (Å²) in [7, 11) is -2.48. The molecule has 3 aromatic rings. The predicted octanol–water partition coefficient (Wildman–Crippen LogP) is 4.48. The van der Waals surface area contributed by atoms with Crippen LogP contribution in [0, 0.1) is 13.8 Å². The second kappa shape index (κ2) is 8.88. The van der Waals surface area contributed by atoms with E-state index in [0.29, 0.717) is 28.9 Å². The first-order chi connectivity index (χ1) is 15.7. The minimum atomic E-state index is -3.81. The van der Waals surface area contributed by atoms with Crippen molar-refractivity contribution in [2.45, 2.75) is 37.3 Å². The van der Waals surface area contributed by atoms with E-state index in [0.717, 1.165) is 16.7 Å². The van der Waals surface area contributed by atoms with Crippen LogP contribution in [0.25, 0.3) is 0 Å². The van der Waals surface area contributed by atoms with Gasteiger partial charge in [0.25, 0.3) is 10.0 Å². The van der Waals surface area contributed by atoms with E-state index < -0.39 is 22.1 Å². The van der Waals surface area contributed by atoms with Gasteiger partial charge in [0.05, 0.1) is 29.7 Å². The van der Waals surface area contributed by atoms with E-state index in [4.69, 9.17) is 4.74 Å². The number of fused-ring (bicyclic) bond motifs is 1. The monoisotopic (exact) mass is 466 g/mol. The summed E-state index contributed by atoms with van der Waals surface area (Å²) in [6.45, 7) is 3.89. The van der Waals surface area contributed by atoms with E-state index in [1.807, 2.05) is 32.0 Å². The first kappa shape index (κ1) is 22.8. The zero-order chi connectivity index (χ0) is 23.8. The second-order valence-corrected chi connectivity index (χ2v) is 9.90. The van der Waals surface area contributed by atoms with Gasteiger partial charge in [-0.15, -0.1) is 0 Å². The van der Waals surface area contributed by atoms with Crippen molar-refractivity contribution in [2.24, 2.45) is 0 Å². The highest BCUT2D eigenvalue weighted by atomic mass is 32.2. The van der Waals surface area contributed by atoms with Crippen molar-refractivity contribution in [2.75, 3.05) is 17.1 Å². The summed E-state index contributed by atoms with van der Waals surface area (Å²) in [5.74, 6) is -0.410. The molecule has 0 amide bonds. The van der Waals surface area contributed by atoms with Gasteiger partial charge in [-0.1, -0.05) is 18.2 Å². The molecule has 0 fully saturated rings. The van der Waals surface area contributed by atoms with E-state index in [-0.39, 0.29) is 10.9 Å². The fourth-order valence-electron chi connectivity index (χ4n) is 3.92. The van der Waals surface area contributed by atoms with E-state index in [1.165, 1.54) is 19.2 Å². The minimum Gasteiger partial charge on any atom is -0.465 e. The van der Waals surface area contributed by atoms with Gasteiger partial charge in [-0.2, -0.15) is 0 Å². The lowest BCUT2D eigenvalue weighted by Gasteiger charge is -2.31. The number of rotatable bonds is 5. The van der Waals surface area contributed by atoms with E-state index in [1.54, 1.807) is 30.3 Å². The topological polar surface area (TPSA) is 105 Å². The maximum Gasteiger partial charge on any atom is 0.337 e. The Hall–Kier alpha value is -3.36. The summed E-state index contributed by atoms with van der Waals surface area (Å²) < 4.78 is 33.2. The Kier molecular flexibility index (Phi) is 6.14. The molecule has 0 aliphatic carbocycles. The number of aliphatic hydroxyl groups is 1. The third-order valence-electron chi connectivity index (χ3n) is 5.97. The number of hydrogen-bond acceptors (Lipinski definition) is 6. The highest BCUT2D eigenvalue weighted by Gasteiger charge is 2.28. The van der Waals surface area contributed by atoms with Crippen molar-refractivity contribution < 1.29 is 23.1 Å². The van der Waals surface area contributed by atoms with Crippen molar-refractivity contribution in [3.8, 4) is 0 Å². The van der Waals surface area contributed by atoms with Gasteiger partial charge in [0.1, 0.15) is 0 Å². The summed E-state index contributed by atoms with van der Waals surface area (Å²) in [6.07, 6.45) is -0.484. The lowest BCUT2D eigenvalue weighted by atomic mass is 9.91. The van der Waals surface area contributed by atoms with Gasteiger partial charge in [-0.25, -0.2) is 13.2 Å². The number of carbonyl (C=O) groups is 1. The lowest BCUT2D eigenvalue weighted by Crippen LogP contribution is -2.22. The number of anilines is 2. The normalized spacial score (nSPS) is 17.6.